The molecule has 4 nitrogen and oxygen atoms in total. The molecule has 0 heterocycles. The lowest BCUT2D eigenvalue weighted by Crippen LogP contribution is -2.08. The molecule has 0 fully saturated rings. The molecule has 0 aliphatic heterocycles. The Balaban J connectivity index is 2.28. The molecule has 6 heteroatoms. The summed E-state index contributed by atoms with van der Waals surface area (Å²) in [4.78, 5) is 10.6. The van der Waals surface area contributed by atoms with Crippen LogP contribution < -0.4 is 5.32 Å². The second-order valence-electron chi connectivity index (χ2n) is 4.31. The molecule has 0 bridgehead atoms. The van der Waals surface area contributed by atoms with Gasteiger partial charge in [0.15, 0.2) is 0 Å². The normalized spacial score (nSPS) is 11.9. The number of halogens is 2. The van der Waals surface area contributed by atoms with Crippen LogP contribution in [0.2, 0.25) is 10.0 Å². The van der Waals surface area contributed by atoms with Crippen LogP contribution in [0.4, 0.5) is 11.4 Å². The minimum absolute atomic E-state index is 0.107. The van der Waals surface area contributed by atoms with Crippen molar-refractivity contribution < 1.29 is 4.92 Å². The second kappa shape index (κ2) is 6.11. The minimum atomic E-state index is -0.487. The second-order valence-corrected chi connectivity index (χ2v) is 5.15. The molecule has 2 rings (SSSR count). The highest BCUT2D eigenvalue weighted by Gasteiger charge is 2.19. The van der Waals surface area contributed by atoms with Crippen molar-refractivity contribution in [2.75, 3.05) is 5.32 Å². The van der Waals surface area contributed by atoms with E-state index in [0.29, 0.717) is 10.7 Å². The third-order valence-electron chi connectivity index (χ3n) is 2.91. The monoisotopic (exact) mass is 310 g/mol. The van der Waals surface area contributed by atoms with E-state index in [2.05, 4.69) is 5.32 Å². The van der Waals surface area contributed by atoms with Gasteiger partial charge in [-0.05, 0) is 36.8 Å². The Morgan fingerprint density at radius 2 is 1.80 bits per heavy atom. The number of benzene rings is 2. The maximum atomic E-state index is 11.1. The van der Waals surface area contributed by atoms with Gasteiger partial charge in [0, 0.05) is 11.1 Å². The van der Waals surface area contributed by atoms with Gasteiger partial charge in [-0.1, -0.05) is 41.4 Å². The number of nitrogens with zero attached hydrogens (tertiary/aromatic N) is 1. The molecular formula is C14H12Cl2N2O2. The van der Waals surface area contributed by atoms with Crippen LogP contribution >= 0.6 is 23.2 Å². The van der Waals surface area contributed by atoms with Gasteiger partial charge in [-0.25, -0.2) is 0 Å². The van der Waals surface area contributed by atoms with E-state index < -0.39 is 4.92 Å². The van der Waals surface area contributed by atoms with Crippen LogP contribution in [-0.4, -0.2) is 4.92 Å². The first-order chi connectivity index (χ1) is 9.49. The number of nitro groups is 1. The van der Waals surface area contributed by atoms with E-state index in [1.165, 1.54) is 6.07 Å². The van der Waals surface area contributed by atoms with Crippen molar-refractivity contribution in [3.8, 4) is 0 Å². The third-order valence-corrected chi connectivity index (χ3v) is 3.47. The van der Waals surface area contributed by atoms with Crippen molar-refractivity contribution in [2.24, 2.45) is 0 Å². The Bertz CT molecular complexity index is 630. The molecule has 2 aromatic rings. The van der Waals surface area contributed by atoms with Crippen LogP contribution in [0.5, 0.6) is 0 Å². The van der Waals surface area contributed by atoms with Crippen LogP contribution in [0.3, 0.4) is 0 Å². The zero-order valence-electron chi connectivity index (χ0n) is 10.6. The topological polar surface area (TPSA) is 55.2 Å². The molecule has 1 N–H and O–H groups in total. The molecule has 20 heavy (non-hydrogen) atoms. The smallest absolute Gasteiger partial charge is 0.310 e. The number of anilines is 1. The Hall–Kier alpha value is -1.78. The Labute approximate surface area is 126 Å². The lowest BCUT2D eigenvalue weighted by Gasteiger charge is -2.16. The average molecular weight is 311 g/mol. The van der Waals surface area contributed by atoms with Gasteiger partial charge < -0.3 is 5.32 Å². The van der Waals surface area contributed by atoms with Crippen molar-refractivity contribution in [1.29, 1.82) is 0 Å². The number of hydrogen-bond acceptors (Lipinski definition) is 3. The Kier molecular flexibility index (Phi) is 4.47. The van der Waals surface area contributed by atoms with Gasteiger partial charge in [0.2, 0.25) is 0 Å². The first-order valence-electron chi connectivity index (χ1n) is 5.94. The van der Waals surface area contributed by atoms with Gasteiger partial charge in [-0.2, -0.15) is 0 Å². The molecule has 0 aromatic heterocycles. The summed E-state index contributed by atoms with van der Waals surface area (Å²) in [7, 11) is 0. The summed E-state index contributed by atoms with van der Waals surface area (Å²) < 4.78 is 0. The van der Waals surface area contributed by atoms with Crippen LogP contribution in [0, 0.1) is 10.1 Å². The number of nitrogens with one attached hydrogen (secondary N) is 1. The Morgan fingerprint density at radius 1 is 1.15 bits per heavy atom. The van der Waals surface area contributed by atoms with E-state index in [1.807, 2.05) is 19.1 Å². The fourth-order valence-electron chi connectivity index (χ4n) is 1.89. The average Bonchev–Trinajstić information content (AvgIpc) is 2.39. The van der Waals surface area contributed by atoms with Gasteiger partial charge >= 0.3 is 5.69 Å². The van der Waals surface area contributed by atoms with E-state index in [9.17, 15) is 10.1 Å². The summed E-state index contributed by atoms with van der Waals surface area (Å²) in [6.45, 7) is 1.91. The molecule has 0 saturated carbocycles. The van der Waals surface area contributed by atoms with Crippen molar-refractivity contribution in [3.05, 3.63) is 68.2 Å². The molecule has 1 atom stereocenters. The minimum Gasteiger partial charge on any atom is -0.373 e. The number of nitro benzene ring substituents is 1. The summed E-state index contributed by atoms with van der Waals surface area (Å²) in [6, 6.07) is 12.0. The van der Waals surface area contributed by atoms with Gasteiger partial charge in [-0.3, -0.25) is 10.1 Å². The number of rotatable bonds is 4. The maximum absolute atomic E-state index is 11.1. The molecule has 0 saturated heterocycles. The molecule has 0 aliphatic carbocycles. The molecular weight excluding hydrogens is 299 g/mol. The third kappa shape index (κ3) is 3.21. The van der Waals surface area contributed by atoms with Gasteiger partial charge in [0.25, 0.3) is 0 Å². The van der Waals surface area contributed by atoms with Gasteiger partial charge in [-0.15, -0.1) is 0 Å². The highest BCUT2D eigenvalue weighted by Crippen LogP contribution is 2.34. The molecule has 104 valence electrons. The number of hydrogen-bond donors (Lipinski definition) is 1. The highest BCUT2D eigenvalue weighted by molar-refractivity contribution is 6.33. The molecule has 0 amide bonds. The van der Waals surface area contributed by atoms with E-state index in [0.717, 1.165) is 5.56 Å². The van der Waals surface area contributed by atoms with Gasteiger partial charge in [0.1, 0.15) is 10.7 Å². The molecule has 1 unspecified atom stereocenters. The van der Waals surface area contributed by atoms with Crippen LogP contribution in [0.1, 0.15) is 18.5 Å². The molecule has 0 radical (unpaired) electrons. The summed E-state index contributed by atoms with van der Waals surface area (Å²) in [5.74, 6) is 0. The quantitative estimate of drug-likeness (QED) is 0.633. The first-order valence-corrected chi connectivity index (χ1v) is 6.69. The zero-order valence-corrected chi connectivity index (χ0v) is 12.2. The first kappa shape index (κ1) is 14.6. The van der Waals surface area contributed by atoms with Crippen LogP contribution in [-0.2, 0) is 0 Å². The van der Waals surface area contributed by atoms with Crippen molar-refractivity contribution >= 4 is 34.6 Å². The van der Waals surface area contributed by atoms with Crippen molar-refractivity contribution in [2.45, 2.75) is 13.0 Å². The fourth-order valence-corrected chi connectivity index (χ4v) is 2.25. The number of para-hydroxylation sites is 1. The van der Waals surface area contributed by atoms with E-state index >= 15 is 0 Å². The van der Waals surface area contributed by atoms with Crippen LogP contribution in [0.25, 0.3) is 0 Å². The summed E-state index contributed by atoms with van der Waals surface area (Å²) in [5, 5.41) is 14.9. The summed E-state index contributed by atoms with van der Waals surface area (Å²) >= 11 is 11.7. The SMILES string of the molecule is CC(Nc1cccc(Cl)c1[N+](=O)[O-])c1ccc(Cl)cc1. The van der Waals surface area contributed by atoms with Crippen LogP contribution in [0.15, 0.2) is 42.5 Å². The van der Waals surface area contributed by atoms with Crippen molar-refractivity contribution in [1.82, 2.24) is 0 Å². The van der Waals surface area contributed by atoms with E-state index in [1.54, 1.807) is 24.3 Å². The zero-order chi connectivity index (χ0) is 14.7. The molecule has 0 aliphatic rings. The summed E-state index contributed by atoms with van der Waals surface area (Å²) in [6.07, 6.45) is 0. The largest absolute Gasteiger partial charge is 0.373 e. The molecule has 0 spiro atoms. The lowest BCUT2D eigenvalue weighted by molar-refractivity contribution is -0.383. The fraction of sp³-hybridized carbons (Fsp3) is 0.143. The van der Waals surface area contributed by atoms with Crippen molar-refractivity contribution in [3.63, 3.8) is 0 Å². The van der Waals surface area contributed by atoms with E-state index in [-0.39, 0.29) is 16.8 Å². The lowest BCUT2D eigenvalue weighted by atomic mass is 10.1. The van der Waals surface area contributed by atoms with E-state index in [4.69, 9.17) is 23.2 Å². The highest BCUT2D eigenvalue weighted by atomic mass is 35.5. The Morgan fingerprint density at radius 3 is 2.40 bits per heavy atom. The standard InChI is InChI=1S/C14H12Cl2N2O2/c1-9(10-5-7-11(15)8-6-10)17-13-4-2-3-12(16)14(13)18(19)20/h2-9,17H,1H3. The van der Waals surface area contributed by atoms with Gasteiger partial charge in [0.05, 0.1) is 4.92 Å². The predicted octanol–water partition coefficient (Wildman–Crippen LogP) is 5.07. The molecule has 2 aromatic carbocycles. The summed E-state index contributed by atoms with van der Waals surface area (Å²) in [5.41, 5.74) is 1.25. The predicted molar refractivity (Wildman–Crippen MR) is 81.6 cm³/mol. The maximum Gasteiger partial charge on any atom is 0.310 e.